The molecule has 1 aromatic carbocycles. The summed E-state index contributed by atoms with van der Waals surface area (Å²) in [6.07, 6.45) is 4.32. The minimum Gasteiger partial charge on any atom is -0.352 e. The predicted octanol–water partition coefficient (Wildman–Crippen LogP) is 2.69. The fraction of sp³-hybridized carbons (Fsp3) is 0.357. The number of hydrogen-bond acceptors (Lipinski definition) is 6. The van der Waals surface area contributed by atoms with Crippen LogP contribution in [0.5, 0.6) is 0 Å². The van der Waals surface area contributed by atoms with E-state index in [4.69, 9.17) is 0 Å². The highest BCUT2D eigenvalue weighted by molar-refractivity contribution is 7.90. The molecule has 1 N–H and O–H groups in total. The molecule has 0 aliphatic heterocycles. The molecule has 0 spiro atoms. The van der Waals surface area contributed by atoms with Crippen molar-refractivity contribution >= 4 is 26.9 Å². The number of nitro groups is 1. The lowest BCUT2D eigenvalue weighted by atomic mass is 10.1. The van der Waals surface area contributed by atoms with Gasteiger partial charge in [-0.2, -0.15) is 5.10 Å². The maximum atomic E-state index is 11.9. The molecular formula is C14H18N4O4S. The smallest absolute Gasteiger partial charge is 0.270 e. The maximum Gasteiger partial charge on any atom is 0.270 e. The van der Waals surface area contributed by atoms with Crippen molar-refractivity contribution in [3.05, 3.63) is 40.7 Å². The van der Waals surface area contributed by atoms with Crippen LogP contribution in [-0.4, -0.2) is 29.4 Å². The van der Waals surface area contributed by atoms with E-state index >= 15 is 0 Å². The number of nitrogens with zero attached hydrogens (tertiary/aromatic N) is 3. The molecule has 23 heavy (non-hydrogen) atoms. The topological polar surface area (TPSA) is 107 Å². The van der Waals surface area contributed by atoms with Crippen molar-refractivity contribution in [3.63, 3.8) is 0 Å². The van der Waals surface area contributed by atoms with Gasteiger partial charge in [-0.25, -0.2) is 8.42 Å². The zero-order valence-electron chi connectivity index (χ0n) is 13.3. The van der Waals surface area contributed by atoms with Gasteiger partial charge in [-0.1, -0.05) is 0 Å². The summed E-state index contributed by atoms with van der Waals surface area (Å²) in [5.74, 6) is 0. The average molecular weight is 338 g/mol. The first-order valence-corrected chi connectivity index (χ1v) is 8.68. The zero-order chi connectivity index (χ0) is 17.4. The van der Waals surface area contributed by atoms with E-state index in [1.54, 1.807) is 17.1 Å². The van der Waals surface area contributed by atoms with Crippen molar-refractivity contribution in [1.82, 2.24) is 9.78 Å². The van der Waals surface area contributed by atoms with Gasteiger partial charge in [0.05, 0.1) is 32.9 Å². The SMILES string of the molecule is CC(C)(C)n1cc(Nc2ccc([N+](=O)[O-])cc2S(C)(=O)=O)cn1. The van der Waals surface area contributed by atoms with Gasteiger partial charge in [-0.05, 0) is 26.8 Å². The van der Waals surface area contributed by atoms with Gasteiger partial charge < -0.3 is 5.32 Å². The van der Waals surface area contributed by atoms with E-state index in [9.17, 15) is 18.5 Å². The molecule has 124 valence electrons. The molecule has 2 rings (SSSR count). The Balaban J connectivity index is 2.44. The Morgan fingerprint density at radius 2 is 1.96 bits per heavy atom. The van der Waals surface area contributed by atoms with Crippen molar-refractivity contribution in [3.8, 4) is 0 Å². The fourth-order valence-corrected chi connectivity index (χ4v) is 2.80. The minimum absolute atomic E-state index is 0.129. The van der Waals surface area contributed by atoms with Crippen LogP contribution in [0.15, 0.2) is 35.5 Å². The van der Waals surface area contributed by atoms with Crippen LogP contribution in [0.3, 0.4) is 0 Å². The molecule has 1 heterocycles. The maximum absolute atomic E-state index is 11.9. The molecule has 0 fully saturated rings. The van der Waals surface area contributed by atoms with Crippen LogP contribution in [-0.2, 0) is 15.4 Å². The number of hydrogen-bond donors (Lipinski definition) is 1. The van der Waals surface area contributed by atoms with Gasteiger partial charge in [0.1, 0.15) is 0 Å². The van der Waals surface area contributed by atoms with E-state index in [1.807, 2.05) is 20.8 Å². The highest BCUT2D eigenvalue weighted by Crippen LogP contribution is 2.29. The summed E-state index contributed by atoms with van der Waals surface area (Å²) in [6, 6.07) is 3.68. The summed E-state index contributed by atoms with van der Waals surface area (Å²) in [7, 11) is -3.63. The quantitative estimate of drug-likeness (QED) is 0.678. The van der Waals surface area contributed by atoms with E-state index in [-0.39, 0.29) is 21.8 Å². The molecule has 0 saturated heterocycles. The number of nitrogens with one attached hydrogen (secondary N) is 1. The third-order valence-corrected chi connectivity index (χ3v) is 4.26. The molecular weight excluding hydrogens is 320 g/mol. The Morgan fingerprint density at radius 1 is 1.30 bits per heavy atom. The highest BCUT2D eigenvalue weighted by Gasteiger charge is 2.20. The third-order valence-electron chi connectivity index (χ3n) is 3.12. The Hall–Kier alpha value is -2.42. The van der Waals surface area contributed by atoms with E-state index in [2.05, 4.69) is 10.4 Å². The first-order chi connectivity index (χ1) is 10.5. The third kappa shape index (κ3) is 3.86. The molecule has 0 radical (unpaired) electrons. The summed E-state index contributed by atoms with van der Waals surface area (Å²) in [5, 5.41) is 18.0. The number of aromatic nitrogens is 2. The predicted molar refractivity (Wildman–Crippen MR) is 86.7 cm³/mol. The molecule has 0 bridgehead atoms. The van der Waals surface area contributed by atoms with E-state index < -0.39 is 14.8 Å². The molecule has 0 amide bonds. The normalized spacial score (nSPS) is 12.2. The van der Waals surface area contributed by atoms with Crippen LogP contribution < -0.4 is 5.32 Å². The number of rotatable bonds is 4. The van der Waals surface area contributed by atoms with Gasteiger partial charge in [0.2, 0.25) is 0 Å². The monoisotopic (exact) mass is 338 g/mol. The minimum atomic E-state index is -3.63. The van der Waals surface area contributed by atoms with E-state index in [0.29, 0.717) is 5.69 Å². The number of benzene rings is 1. The van der Waals surface area contributed by atoms with Gasteiger partial charge in [0, 0.05) is 24.6 Å². The standard InChI is InChI=1S/C14H18N4O4S/c1-14(2,3)17-9-10(8-15-17)16-12-6-5-11(18(19)20)7-13(12)23(4,21)22/h5-9,16H,1-4H3. The molecule has 0 aliphatic rings. The number of nitro benzene ring substituents is 1. The van der Waals surface area contributed by atoms with Gasteiger partial charge >= 0.3 is 0 Å². The fourth-order valence-electron chi connectivity index (χ4n) is 1.94. The molecule has 0 aliphatic carbocycles. The van der Waals surface area contributed by atoms with Crippen molar-refractivity contribution < 1.29 is 13.3 Å². The summed E-state index contributed by atoms with van der Waals surface area (Å²) in [4.78, 5) is 10.1. The van der Waals surface area contributed by atoms with Gasteiger partial charge in [0.25, 0.3) is 5.69 Å². The van der Waals surface area contributed by atoms with Crippen molar-refractivity contribution in [2.75, 3.05) is 11.6 Å². The number of non-ortho nitro benzene ring substituents is 1. The number of anilines is 2. The summed E-state index contributed by atoms with van der Waals surface area (Å²) >= 11 is 0. The Bertz CT molecular complexity index is 850. The largest absolute Gasteiger partial charge is 0.352 e. The van der Waals surface area contributed by atoms with Crippen LogP contribution in [0.4, 0.5) is 17.1 Å². The summed E-state index contributed by atoms with van der Waals surface area (Å²) in [6.45, 7) is 5.95. The molecule has 2 aromatic rings. The van der Waals surface area contributed by atoms with E-state index in [1.165, 1.54) is 12.1 Å². The van der Waals surface area contributed by atoms with Gasteiger partial charge in [-0.15, -0.1) is 0 Å². The van der Waals surface area contributed by atoms with Crippen LogP contribution in [0.25, 0.3) is 0 Å². The zero-order valence-corrected chi connectivity index (χ0v) is 14.1. The van der Waals surface area contributed by atoms with Crippen molar-refractivity contribution in [1.29, 1.82) is 0 Å². The highest BCUT2D eigenvalue weighted by atomic mass is 32.2. The van der Waals surface area contributed by atoms with Crippen LogP contribution in [0.1, 0.15) is 20.8 Å². The first kappa shape index (κ1) is 16.9. The first-order valence-electron chi connectivity index (χ1n) is 6.79. The molecule has 8 nitrogen and oxygen atoms in total. The second-order valence-corrected chi connectivity index (χ2v) is 8.16. The lowest BCUT2D eigenvalue weighted by Gasteiger charge is -2.18. The summed E-state index contributed by atoms with van der Waals surface area (Å²) < 4.78 is 25.5. The second-order valence-electron chi connectivity index (χ2n) is 6.18. The van der Waals surface area contributed by atoms with Crippen LogP contribution in [0.2, 0.25) is 0 Å². The second kappa shape index (κ2) is 5.65. The number of sulfone groups is 1. The Morgan fingerprint density at radius 3 is 2.43 bits per heavy atom. The van der Waals surface area contributed by atoms with Gasteiger partial charge in [-0.3, -0.25) is 14.8 Å². The lowest BCUT2D eigenvalue weighted by molar-refractivity contribution is -0.385. The van der Waals surface area contributed by atoms with Crippen molar-refractivity contribution in [2.24, 2.45) is 0 Å². The molecule has 0 unspecified atom stereocenters. The van der Waals surface area contributed by atoms with Crippen LogP contribution in [0, 0.1) is 10.1 Å². The Labute approximate surface area is 134 Å². The van der Waals surface area contributed by atoms with Gasteiger partial charge in [0.15, 0.2) is 9.84 Å². The molecule has 9 heteroatoms. The molecule has 0 saturated carbocycles. The average Bonchev–Trinajstić information content (AvgIpc) is 2.86. The van der Waals surface area contributed by atoms with Crippen molar-refractivity contribution in [2.45, 2.75) is 31.2 Å². The Kier molecular flexibility index (Phi) is 4.16. The van der Waals surface area contributed by atoms with Crippen LogP contribution >= 0.6 is 0 Å². The summed E-state index contributed by atoms with van der Waals surface area (Å²) in [5.41, 5.74) is 0.376. The molecule has 0 atom stereocenters. The van der Waals surface area contributed by atoms with E-state index in [0.717, 1.165) is 12.3 Å². The molecule has 1 aromatic heterocycles. The lowest BCUT2D eigenvalue weighted by Crippen LogP contribution is -2.21.